The number of amides is 2. The molecule has 1 radical (unpaired) electrons. The lowest BCUT2D eigenvalue weighted by atomic mass is 10.1. The topological polar surface area (TPSA) is 49.6 Å². The van der Waals surface area contributed by atoms with E-state index < -0.39 is 0 Å². The van der Waals surface area contributed by atoms with Gasteiger partial charge in [0.15, 0.2) is 0 Å². The highest BCUT2D eigenvalue weighted by Crippen LogP contribution is 2.11. The van der Waals surface area contributed by atoms with Gasteiger partial charge in [-0.3, -0.25) is 4.90 Å². The Morgan fingerprint density at radius 1 is 1.43 bits per heavy atom. The first kappa shape index (κ1) is 11.3. The van der Waals surface area contributed by atoms with E-state index in [2.05, 4.69) is 18.7 Å². The third-order valence-electron chi connectivity index (χ3n) is 2.53. The second kappa shape index (κ2) is 4.64. The summed E-state index contributed by atoms with van der Waals surface area (Å²) in [6, 6.07) is -0.0602. The first-order valence-electron chi connectivity index (χ1n) is 5.08. The summed E-state index contributed by atoms with van der Waals surface area (Å²) >= 11 is 0. The number of hydrogen-bond acceptors (Lipinski definition) is 2. The molecule has 0 aromatic heterocycles. The number of piperazine rings is 1. The Morgan fingerprint density at radius 3 is 2.50 bits per heavy atom. The van der Waals surface area contributed by atoms with Crippen LogP contribution in [-0.2, 0) is 0 Å². The molecule has 1 heterocycles. The van der Waals surface area contributed by atoms with Gasteiger partial charge in [-0.2, -0.15) is 0 Å². The largest absolute Gasteiger partial charge is 0.351 e. The zero-order chi connectivity index (χ0) is 10.7. The van der Waals surface area contributed by atoms with Crippen molar-refractivity contribution >= 4 is 6.03 Å². The van der Waals surface area contributed by atoms with E-state index in [4.69, 9.17) is 5.73 Å². The summed E-state index contributed by atoms with van der Waals surface area (Å²) in [6.45, 7) is 9.94. The monoisotopic (exact) mass is 198 g/mol. The first-order chi connectivity index (χ1) is 6.50. The summed E-state index contributed by atoms with van der Waals surface area (Å²) in [4.78, 5) is 15.1. The summed E-state index contributed by atoms with van der Waals surface area (Å²) < 4.78 is 0. The Kier molecular flexibility index (Phi) is 3.75. The van der Waals surface area contributed by atoms with Gasteiger partial charge >= 0.3 is 6.03 Å². The Bertz CT molecular complexity index is 206. The molecule has 1 aliphatic heterocycles. The molecule has 1 saturated heterocycles. The maximum atomic E-state index is 11.0. The van der Waals surface area contributed by atoms with Crippen molar-refractivity contribution in [3.63, 3.8) is 0 Å². The minimum absolute atomic E-state index is 0.237. The van der Waals surface area contributed by atoms with Crippen LogP contribution < -0.4 is 5.73 Å². The number of hydrogen-bond donors (Lipinski definition) is 1. The van der Waals surface area contributed by atoms with Gasteiger partial charge in [0, 0.05) is 32.2 Å². The normalized spacial score (nSPS) is 24.3. The molecule has 1 rings (SSSR count). The van der Waals surface area contributed by atoms with E-state index in [1.54, 1.807) is 4.90 Å². The number of nitrogens with zero attached hydrogens (tertiary/aromatic N) is 2. The van der Waals surface area contributed by atoms with Gasteiger partial charge < -0.3 is 10.6 Å². The van der Waals surface area contributed by atoms with E-state index in [0.29, 0.717) is 0 Å². The number of carbonyl (C=O) groups excluding carboxylic acids is 1. The molecule has 2 amide bonds. The minimum atomic E-state index is -0.297. The van der Waals surface area contributed by atoms with Crippen LogP contribution in [0.25, 0.3) is 0 Å². The average Bonchev–Trinajstić information content (AvgIpc) is 2.01. The molecule has 1 atom stereocenters. The fraction of sp³-hybridized carbons (Fsp3) is 0.800. The molecule has 4 heteroatoms. The van der Waals surface area contributed by atoms with Crippen molar-refractivity contribution in [3.8, 4) is 0 Å². The van der Waals surface area contributed by atoms with E-state index in [9.17, 15) is 4.79 Å². The van der Waals surface area contributed by atoms with E-state index >= 15 is 0 Å². The zero-order valence-electron chi connectivity index (χ0n) is 9.29. The molecule has 0 aromatic carbocycles. The molecular weight excluding hydrogens is 178 g/mol. The Balaban J connectivity index is 2.42. The van der Waals surface area contributed by atoms with E-state index in [1.165, 1.54) is 5.92 Å². The van der Waals surface area contributed by atoms with Gasteiger partial charge in [0.05, 0.1) is 0 Å². The molecule has 2 N–H and O–H groups in total. The predicted molar refractivity (Wildman–Crippen MR) is 56.8 cm³/mol. The van der Waals surface area contributed by atoms with E-state index in [-0.39, 0.29) is 12.1 Å². The van der Waals surface area contributed by atoms with Crippen molar-refractivity contribution in [1.29, 1.82) is 0 Å². The fourth-order valence-corrected chi connectivity index (χ4v) is 1.95. The standard InChI is InChI=1S/C10H20N3O/c1-8(2)6-12-4-5-13(10(11)14)9(3)7-12/h9H,4-7H2,1-3H3,(H2,11,14)/t9-/m1/s1. The van der Waals surface area contributed by atoms with Gasteiger partial charge in [-0.25, -0.2) is 4.79 Å². The SMILES string of the molecule is C[C](C)CN1CCN(C(N)=O)[C@H](C)C1. The van der Waals surface area contributed by atoms with Crippen LogP contribution in [0.2, 0.25) is 0 Å². The summed E-state index contributed by atoms with van der Waals surface area (Å²) in [5.41, 5.74) is 5.27. The molecule has 0 spiro atoms. The summed E-state index contributed by atoms with van der Waals surface area (Å²) in [7, 11) is 0. The Labute approximate surface area is 86.0 Å². The molecular formula is C10H20N3O. The molecule has 0 aromatic rings. The fourth-order valence-electron chi connectivity index (χ4n) is 1.95. The van der Waals surface area contributed by atoms with Crippen LogP contribution >= 0.6 is 0 Å². The zero-order valence-corrected chi connectivity index (χ0v) is 9.29. The van der Waals surface area contributed by atoms with Crippen LogP contribution in [0.1, 0.15) is 20.8 Å². The van der Waals surface area contributed by atoms with Gasteiger partial charge in [-0.1, -0.05) is 13.8 Å². The van der Waals surface area contributed by atoms with Crippen molar-refractivity contribution in [2.24, 2.45) is 5.73 Å². The van der Waals surface area contributed by atoms with Crippen molar-refractivity contribution in [3.05, 3.63) is 5.92 Å². The van der Waals surface area contributed by atoms with E-state index in [1.807, 2.05) is 6.92 Å². The van der Waals surface area contributed by atoms with Gasteiger partial charge in [0.1, 0.15) is 0 Å². The van der Waals surface area contributed by atoms with Crippen LogP contribution in [0.15, 0.2) is 0 Å². The number of rotatable bonds is 2. The van der Waals surface area contributed by atoms with Crippen molar-refractivity contribution < 1.29 is 4.79 Å². The molecule has 0 saturated carbocycles. The molecule has 0 aliphatic carbocycles. The number of carbonyl (C=O) groups is 1. The predicted octanol–water partition coefficient (Wildman–Crippen LogP) is 0.685. The van der Waals surface area contributed by atoms with E-state index in [0.717, 1.165) is 26.2 Å². The summed E-state index contributed by atoms with van der Waals surface area (Å²) in [6.07, 6.45) is 0. The first-order valence-corrected chi connectivity index (χ1v) is 5.08. The molecule has 1 fully saturated rings. The maximum Gasteiger partial charge on any atom is 0.315 e. The third-order valence-corrected chi connectivity index (χ3v) is 2.53. The van der Waals surface area contributed by atoms with Crippen molar-refractivity contribution in [2.75, 3.05) is 26.2 Å². The van der Waals surface area contributed by atoms with Crippen LogP contribution in [0.3, 0.4) is 0 Å². The average molecular weight is 198 g/mol. The lowest BCUT2D eigenvalue weighted by Crippen LogP contribution is -2.55. The van der Waals surface area contributed by atoms with Crippen LogP contribution in [0, 0.1) is 5.92 Å². The van der Waals surface area contributed by atoms with Gasteiger partial charge in [0.25, 0.3) is 0 Å². The second-order valence-corrected chi connectivity index (χ2v) is 4.32. The van der Waals surface area contributed by atoms with Crippen molar-refractivity contribution in [1.82, 2.24) is 9.80 Å². The molecule has 0 unspecified atom stereocenters. The van der Waals surface area contributed by atoms with Crippen LogP contribution in [0.5, 0.6) is 0 Å². The van der Waals surface area contributed by atoms with Crippen LogP contribution in [-0.4, -0.2) is 48.1 Å². The highest BCUT2D eigenvalue weighted by atomic mass is 16.2. The molecule has 0 bridgehead atoms. The number of urea groups is 1. The lowest BCUT2D eigenvalue weighted by Gasteiger charge is -2.39. The maximum absolute atomic E-state index is 11.0. The molecule has 14 heavy (non-hydrogen) atoms. The second-order valence-electron chi connectivity index (χ2n) is 4.32. The smallest absolute Gasteiger partial charge is 0.315 e. The van der Waals surface area contributed by atoms with Gasteiger partial charge in [0.2, 0.25) is 0 Å². The van der Waals surface area contributed by atoms with Gasteiger partial charge in [-0.15, -0.1) is 0 Å². The molecule has 81 valence electrons. The number of nitrogens with two attached hydrogens (primary N) is 1. The summed E-state index contributed by atoms with van der Waals surface area (Å²) in [5.74, 6) is 1.41. The Morgan fingerprint density at radius 2 is 2.07 bits per heavy atom. The lowest BCUT2D eigenvalue weighted by molar-refractivity contribution is 0.109. The highest BCUT2D eigenvalue weighted by molar-refractivity contribution is 5.72. The Hall–Kier alpha value is -0.770. The highest BCUT2D eigenvalue weighted by Gasteiger charge is 2.25. The van der Waals surface area contributed by atoms with Gasteiger partial charge in [-0.05, 0) is 12.8 Å². The number of primary amides is 1. The molecule has 4 nitrogen and oxygen atoms in total. The minimum Gasteiger partial charge on any atom is -0.351 e. The van der Waals surface area contributed by atoms with Crippen molar-refractivity contribution in [2.45, 2.75) is 26.8 Å². The molecule has 1 aliphatic rings. The third kappa shape index (κ3) is 2.87. The van der Waals surface area contributed by atoms with Crippen LogP contribution in [0.4, 0.5) is 4.79 Å². The summed E-state index contributed by atoms with van der Waals surface area (Å²) in [5, 5.41) is 0. The quantitative estimate of drug-likeness (QED) is 0.709.